The van der Waals surface area contributed by atoms with Gasteiger partial charge in [0.1, 0.15) is 6.04 Å². The molecule has 25 heavy (non-hydrogen) atoms. The van der Waals surface area contributed by atoms with Gasteiger partial charge in [0, 0.05) is 24.1 Å². The summed E-state index contributed by atoms with van der Waals surface area (Å²) in [4.78, 5) is 38.2. The summed E-state index contributed by atoms with van der Waals surface area (Å²) in [5.41, 5.74) is 0.118. The smallest absolute Gasteiger partial charge is 0.328 e. The topological polar surface area (TPSA) is 75.7 Å². The molecule has 0 aliphatic heterocycles. The molecule has 0 bridgehead atoms. The van der Waals surface area contributed by atoms with Gasteiger partial charge in [-0.15, -0.1) is 0 Å². The maximum absolute atomic E-state index is 12.8. The molecular weight excluding hydrogens is 320 g/mol. The fourth-order valence-electron chi connectivity index (χ4n) is 2.35. The van der Waals surface area contributed by atoms with Crippen LogP contribution in [0, 0.1) is 5.41 Å². The second-order valence-corrected chi connectivity index (χ2v) is 6.80. The van der Waals surface area contributed by atoms with Crippen LogP contribution in [0.1, 0.15) is 40.5 Å². The number of methoxy groups -OCH3 is 1. The van der Waals surface area contributed by atoms with Crippen molar-refractivity contribution in [3.63, 3.8) is 0 Å². The molecule has 0 heterocycles. The molecular formula is C19H28N2O4. The van der Waals surface area contributed by atoms with Crippen molar-refractivity contribution in [3.8, 4) is 0 Å². The average molecular weight is 348 g/mol. The third-order valence-corrected chi connectivity index (χ3v) is 3.78. The molecule has 6 heteroatoms. The number of para-hydroxylation sites is 1. The molecule has 1 atom stereocenters. The Balaban J connectivity index is 2.91. The van der Waals surface area contributed by atoms with Crippen molar-refractivity contribution in [2.45, 2.75) is 46.6 Å². The molecule has 138 valence electrons. The van der Waals surface area contributed by atoms with Crippen molar-refractivity contribution in [1.29, 1.82) is 0 Å². The first-order valence-electron chi connectivity index (χ1n) is 8.45. The predicted octanol–water partition coefficient (Wildman–Crippen LogP) is 2.52. The summed E-state index contributed by atoms with van der Waals surface area (Å²) in [5.74, 6) is -0.817. The van der Waals surface area contributed by atoms with Gasteiger partial charge in [-0.3, -0.25) is 14.5 Å². The van der Waals surface area contributed by atoms with E-state index in [0.29, 0.717) is 12.1 Å². The Labute approximate surface area is 149 Å². The Kier molecular flexibility index (Phi) is 7.61. The van der Waals surface area contributed by atoms with E-state index in [0.717, 1.165) is 0 Å². The van der Waals surface area contributed by atoms with Crippen LogP contribution in [-0.2, 0) is 19.1 Å². The average Bonchev–Trinajstić information content (AvgIpc) is 2.58. The van der Waals surface area contributed by atoms with Gasteiger partial charge in [-0.05, 0) is 18.6 Å². The lowest BCUT2D eigenvalue weighted by Gasteiger charge is -2.29. The number of benzene rings is 1. The molecule has 0 radical (unpaired) electrons. The van der Waals surface area contributed by atoms with Crippen LogP contribution in [0.5, 0.6) is 0 Å². The number of amides is 2. The highest BCUT2D eigenvalue weighted by atomic mass is 16.5. The zero-order chi connectivity index (χ0) is 19.0. The fourth-order valence-corrected chi connectivity index (χ4v) is 2.35. The molecule has 1 N–H and O–H groups in total. The van der Waals surface area contributed by atoms with Gasteiger partial charge < -0.3 is 10.1 Å². The maximum Gasteiger partial charge on any atom is 0.328 e. The molecule has 1 aromatic carbocycles. The minimum Gasteiger partial charge on any atom is -0.467 e. The van der Waals surface area contributed by atoms with Crippen molar-refractivity contribution in [1.82, 2.24) is 5.32 Å². The Bertz CT molecular complexity index is 593. The molecule has 0 saturated carbocycles. The van der Waals surface area contributed by atoms with Crippen LogP contribution < -0.4 is 10.2 Å². The van der Waals surface area contributed by atoms with Crippen molar-refractivity contribution in [2.75, 3.05) is 18.6 Å². The Morgan fingerprint density at radius 1 is 1.16 bits per heavy atom. The number of rotatable bonds is 7. The van der Waals surface area contributed by atoms with Crippen LogP contribution in [0.2, 0.25) is 0 Å². The van der Waals surface area contributed by atoms with E-state index in [2.05, 4.69) is 5.32 Å². The van der Waals surface area contributed by atoms with Crippen LogP contribution >= 0.6 is 0 Å². The van der Waals surface area contributed by atoms with Crippen molar-refractivity contribution >= 4 is 23.5 Å². The number of carbonyl (C=O) groups is 3. The molecule has 0 aliphatic carbocycles. The van der Waals surface area contributed by atoms with Crippen molar-refractivity contribution in [2.24, 2.45) is 5.41 Å². The summed E-state index contributed by atoms with van der Waals surface area (Å²) in [7, 11) is 1.31. The van der Waals surface area contributed by atoms with E-state index in [-0.39, 0.29) is 24.8 Å². The van der Waals surface area contributed by atoms with E-state index >= 15 is 0 Å². The van der Waals surface area contributed by atoms with Crippen LogP contribution in [0.15, 0.2) is 30.3 Å². The van der Waals surface area contributed by atoms with Crippen LogP contribution in [0.3, 0.4) is 0 Å². The van der Waals surface area contributed by atoms with Gasteiger partial charge >= 0.3 is 5.97 Å². The van der Waals surface area contributed by atoms with E-state index in [9.17, 15) is 14.4 Å². The highest BCUT2D eigenvalue weighted by molar-refractivity contribution is 5.99. The van der Waals surface area contributed by atoms with Gasteiger partial charge in [0.25, 0.3) is 0 Å². The lowest BCUT2D eigenvalue weighted by atomic mass is 9.96. The monoisotopic (exact) mass is 348 g/mol. The Hall–Kier alpha value is -2.37. The fraction of sp³-hybridized carbons (Fsp3) is 0.526. The third-order valence-electron chi connectivity index (χ3n) is 3.78. The van der Waals surface area contributed by atoms with Gasteiger partial charge in [-0.25, -0.2) is 4.79 Å². The summed E-state index contributed by atoms with van der Waals surface area (Å²) in [6, 6.07) is 8.31. The first-order chi connectivity index (χ1) is 11.7. The first-order valence-corrected chi connectivity index (χ1v) is 8.45. The SMILES string of the molecule is CC[C@@H](C(=O)OC)N(C(=O)CCNC(=O)C(C)(C)C)c1ccccc1. The van der Waals surface area contributed by atoms with E-state index < -0.39 is 17.4 Å². The molecule has 1 rings (SSSR count). The van der Waals surface area contributed by atoms with Gasteiger partial charge in [0.2, 0.25) is 11.8 Å². The highest BCUT2D eigenvalue weighted by Crippen LogP contribution is 2.20. The molecule has 0 saturated heterocycles. The summed E-state index contributed by atoms with van der Waals surface area (Å²) in [6.07, 6.45) is 0.534. The van der Waals surface area contributed by atoms with E-state index in [1.807, 2.05) is 33.8 Å². The number of nitrogens with zero attached hydrogens (tertiary/aromatic N) is 1. The van der Waals surface area contributed by atoms with E-state index in [1.165, 1.54) is 12.0 Å². The second-order valence-electron chi connectivity index (χ2n) is 6.80. The molecule has 2 amide bonds. The maximum atomic E-state index is 12.8. The van der Waals surface area contributed by atoms with Gasteiger partial charge in [0.15, 0.2) is 0 Å². The number of nitrogens with one attached hydrogen (secondary N) is 1. The lowest BCUT2D eigenvalue weighted by Crippen LogP contribution is -2.47. The third kappa shape index (κ3) is 5.89. The summed E-state index contributed by atoms with van der Waals surface area (Å²) >= 11 is 0. The largest absolute Gasteiger partial charge is 0.467 e. The Morgan fingerprint density at radius 2 is 1.76 bits per heavy atom. The Morgan fingerprint density at radius 3 is 2.24 bits per heavy atom. The highest BCUT2D eigenvalue weighted by Gasteiger charge is 2.30. The number of carbonyl (C=O) groups excluding carboxylic acids is 3. The predicted molar refractivity (Wildman–Crippen MR) is 97.1 cm³/mol. The lowest BCUT2D eigenvalue weighted by molar-refractivity contribution is -0.143. The number of hydrogen-bond donors (Lipinski definition) is 1. The number of anilines is 1. The number of hydrogen-bond acceptors (Lipinski definition) is 4. The van der Waals surface area contributed by atoms with Crippen molar-refractivity contribution in [3.05, 3.63) is 30.3 Å². The minimum absolute atomic E-state index is 0.101. The summed E-state index contributed by atoms with van der Waals surface area (Å²) < 4.78 is 4.84. The van der Waals surface area contributed by atoms with Crippen molar-refractivity contribution < 1.29 is 19.1 Å². The molecule has 0 unspecified atom stereocenters. The number of esters is 1. The molecule has 0 aromatic heterocycles. The second kappa shape index (κ2) is 9.20. The zero-order valence-corrected chi connectivity index (χ0v) is 15.7. The molecule has 6 nitrogen and oxygen atoms in total. The van der Waals surface area contributed by atoms with Gasteiger partial charge in [-0.1, -0.05) is 45.9 Å². The van der Waals surface area contributed by atoms with E-state index in [1.54, 1.807) is 24.3 Å². The van der Waals surface area contributed by atoms with Crippen LogP contribution in [-0.4, -0.2) is 37.5 Å². The van der Waals surface area contributed by atoms with Crippen LogP contribution in [0.25, 0.3) is 0 Å². The number of ether oxygens (including phenoxy) is 1. The van der Waals surface area contributed by atoms with Crippen LogP contribution in [0.4, 0.5) is 5.69 Å². The molecule has 0 spiro atoms. The van der Waals surface area contributed by atoms with E-state index in [4.69, 9.17) is 4.74 Å². The zero-order valence-electron chi connectivity index (χ0n) is 15.7. The first kappa shape index (κ1) is 20.7. The quantitative estimate of drug-likeness (QED) is 0.768. The standard InChI is InChI=1S/C19H28N2O4/c1-6-15(17(23)25-5)21(14-10-8-7-9-11-14)16(22)12-13-20-18(24)19(2,3)4/h7-11,15H,6,12-13H2,1-5H3,(H,20,24)/t15-/m0/s1. The molecule has 0 fully saturated rings. The summed E-state index contributed by atoms with van der Waals surface area (Å²) in [5, 5.41) is 2.76. The molecule has 0 aliphatic rings. The molecule has 1 aromatic rings. The minimum atomic E-state index is -0.696. The van der Waals surface area contributed by atoms with Gasteiger partial charge in [0.05, 0.1) is 7.11 Å². The summed E-state index contributed by atoms with van der Waals surface area (Å²) in [6.45, 7) is 7.47. The normalized spacial score (nSPS) is 12.2. The van der Waals surface area contributed by atoms with Gasteiger partial charge in [-0.2, -0.15) is 0 Å².